The zero-order valence-electron chi connectivity index (χ0n) is 12.1. The number of carbonyl (C=O) groups is 2. The van der Waals surface area contributed by atoms with Gasteiger partial charge in [0.15, 0.2) is 0 Å². The molecule has 0 unspecified atom stereocenters. The lowest BCUT2D eigenvalue weighted by atomic mass is 9.71. The van der Waals surface area contributed by atoms with Crippen LogP contribution in [0.2, 0.25) is 0 Å². The molecule has 3 rings (SSSR count). The van der Waals surface area contributed by atoms with Crippen molar-refractivity contribution in [1.82, 2.24) is 14.8 Å². The minimum absolute atomic E-state index is 0.0193. The van der Waals surface area contributed by atoms with Gasteiger partial charge in [0.1, 0.15) is 5.69 Å². The van der Waals surface area contributed by atoms with E-state index in [4.69, 9.17) is 4.74 Å². The van der Waals surface area contributed by atoms with Gasteiger partial charge in [-0.3, -0.25) is 9.59 Å². The van der Waals surface area contributed by atoms with E-state index in [2.05, 4.69) is 4.98 Å². The van der Waals surface area contributed by atoms with Crippen molar-refractivity contribution in [2.45, 2.75) is 12.8 Å². The molecular weight excluding hydrogens is 290 g/mol. The van der Waals surface area contributed by atoms with Gasteiger partial charge in [-0.1, -0.05) is 0 Å². The van der Waals surface area contributed by atoms with Crippen LogP contribution in [0.1, 0.15) is 23.3 Å². The van der Waals surface area contributed by atoms with Crippen LogP contribution in [0.15, 0.2) is 10.9 Å². The lowest BCUT2D eigenvalue weighted by Gasteiger charge is -2.52. The fourth-order valence-electron chi connectivity index (χ4n) is 3.12. The molecule has 2 saturated heterocycles. The van der Waals surface area contributed by atoms with Gasteiger partial charge in [-0.15, -0.1) is 11.3 Å². The van der Waals surface area contributed by atoms with E-state index in [9.17, 15) is 9.59 Å². The van der Waals surface area contributed by atoms with Gasteiger partial charge >= 0.3 is 0 Å². The highest BCUT2D eigenvalue weighted by molar-refractivity contribution is 7.07. The molecule has 2 amide bonds. The van der Waals surface area contributed by atoms with E-state index < -0.39 is 0 Å². The van der Waals surface area contributed by atoms with Gasteiger partial charge in [-0.25, -0.2) is 4.98 Å². The van der Waals surface area contributed by atoms with Crippen molar-refractivity contribution in [2.75, 3.05) is 39.9 Å². The van der Waals surface area contributed by atoms with Crippen LogP contribution < -0.4 is 0 Å². The highest BCUT2D eigenvalue weighted by atomic mass is 32.1. The zero-order chi connectivity index (χ0) is 14.9. The van der Waals surface area contributed by atoms with Crippen molar-refractivity contribution in [2.24, 2.45) is 5.41 Å². The summed E-state index contributed by atoms with van der Waals surface area (Å²) in [4.78, 5) is 32.2. The van der Waals surface area contributed by atoms with Crippen molar-refractivity contribution in [3.05, 3.63) is 16.6 Å². The van der Waals surface area contributed by atoms with Crippen LogP contribution in [-0.2, 0) is 9.53 Å². The number of likely N-dealkylation sites (tertiary alicyclic amines) is 2. The second-order valence-electron chi connectivity index (χ2n) is 5.67. The molecule has 2 fully saturated rings. The maximum absolute atomic E-state index is 12.3. The first kappa shape index (κ1) is 14.5. The average molecular weight is 309 g/mol. The first-order valence-electron chi connectivity index (χ1n) is 7.12. The van der Waals surface area contributed by atoms with Gasteiger partial charge < -0.3 is 14.5 Å². The maximum Gasteiger partial charge on any atom is 0.273 e. The molecular formula is C14H19N3O3S. The summed E-state index contributed by atoms with van der Waals surface area (Å²) in [7, 11) is 1.64. The third kappa shape index (κ3) is 2.55. The van der Waals surface area contributed by atoms with E-state index >= 15 is 0 Å². The fraction of sp³-hybridized carbons (Fsp3) is 0.643. The summed E-state index contributed by atoms with van der Waals surface area (Å²) in [6.45, 7) is 3.32. The molecule has 1 aromatic heterocycles. The van der Waals surface area contributed by atoms with E-state index in [0.717, 1.165) is 19.4 Å². The number of carbonyl (C=O) groups excluding carboxylic acids is 2. The van der Waals surface area contributed by atoms with E-state index in [-0.39, 0.29) is 17.2 Å². The van der Waals surface area contributed by atoms with Gasteiger partial charge in [0, 0.05) is 38.7 Å². The predicted molar refractivity (Wildman–Crippen MR) is 78.1 cm³/mol. The Morgan fingerprint density at radius 2 is 2.24 bits per heavy atom. The molecule has 6 nitrogen and oxygen atoms in total. The molecule has 2 aliphatic heterocycles. The van der Waals surface area contributed by atoms with Gasteiger partial charge in [0.05, 0.1) is 17.5 Å². The molecule has 0 radical (unpaired) electrons. The van der Waals surface area contributed by atoms with Crippen LogP contribution in [-0.4, -0.2) is 66.5 Å². The summed E-state index contributed by atoms with van der Waals surface area (Å²) in [6.07, 6.45) is 1.51. The zero-order valence-corrected chi connectivity index (χ0v) is 12.9. The third-order valence-corrected chi connectivity index (χ3v) is 5.05. The van der Waals surface area contributed by atoms with E-state index in [1.54, 1.807) is 18.0 Å². The fourth-order valence-corrected chi connectivity index (χ4v) is 3.65. The molecule has 0 bridgehead atoms. The molecule has 0 aromatic carbocycles. The van der Waals surface area contributed by atoms with Crippen LogP contribution in [0, 0.1) is 5.41 Å². The van der Waals surface area contributed by atoms with Gasteiger partial charge in [-0.2, -0.15) is 0 Å². The van der Waals surface area contributed by atoms with Crippen molar-refractivity contribution in [3.8, 4) is 0 Å². The molecule has 0 atom stereocenters. The van der Waals surface area contributed by atoms with Crippen molar-refractivity contribution in [3.63, 3.8) is 0 Å². The molecule has 1 spiro atoms. The molecule has 0 aliphatic carbocycles. The number of aromatic nitrogens is 1. The first-order valence-corrected chi connectivity index (χ1v) is 8.06. The largest absolute Gasteiger partial charge is 0.383 e. The summed E-state index contributed by atoms with van der Waals surface area (Å²) in [5.74, 6) is 0.203. The summed E-state index contributed by atoms with van der Waals surface area (Å²) in [5, 5.41) is 1.77. The molecule has 0 N–H and O–H groups in total. The Morgan fingerprint density at radius 3 is 2.81 bits per heavy atom. The predicted octanol–water partition coefficient (Wildman–Crippen LogP) is 0.854. The number of β-lactam (4-membered cyclic amide) rings is 1. The molecule has 1 aromatic rings. The summed E-state index contributed by atoms with van der Waals surface area (Å²) < 4.78 is 5.01. The number of methoxy groups -OCH3 is 1. The number of hydrogen-bond acceptors (Lipinski definition) is 5. The SMILES string of the molecule is COCCN1CC2(CCN(C(=O)c3cscn3)CC2)C1=O. The average Bonchev–Trinajstić information content (AvgIpc) is 3.05. The Bertz CT molecular complexity index is 524. The van der Waals surface area contributed by atoms with Gasteiger partial charge in [0.2, 0.25) is 5.91 Å². The number of amides is 2. The maximum atomic E-state index is 12.3. The Kier molecular flexibility index (Phi) is 3.95. The molecule has 114 valence electrons. The lowest BCUT2D eigenvalue weighted by molar-refractivity contribution is -0.165. The lowest BCUT2D eigenvalue weighted by Crippen LogP contribution is -2.65. The number of rotatable bonds is 4. The number of thiazole rings is 1. The van der Waals surface area contributed by atoms with Crippen LogP contribution >= 0.6 is 11.3 Å². The second kappa shape index (κ2) is 5.73. The molecule has 7 heteroatoms. The van der Waals surface area contributed by atoms with Crippen molar-refractivity contribution >= 4 is 23.2 Å². The summed E-state index contributed by atoms with van der Waals surface area (Å²) in [5.41, 5.74) is 1.95. The van der Waals surface area contributed by atoms with Crippen molar-refractivity contribution < 1.29 is 14.3 Å². The molecule has 0 saturated carbocycles. The second-order valence-corrected chi connectivity index (χ2v) is 6.38. The number of piperidine rings is 1. The topological polar surface area (TPSA) is 62.7 Å². The summed E-state index contributed by atoms with van der Waals surface area (Å²) in [6, 6.07) is 0. The quantitative estimate of drug-likeness (QED) is 0.774. The molecule has 2 aliphatic rings. The van der Waals surface area contributed by atoms with Crippen LogP contribution in [0.25, 0.3) is 0 Å². The van der Waals surface area contributed by atoms with Crippen molar-refractivity contribution in [1.29, 1.82) is 0 Å². The van der Waals surface area contributed by atoms with E-state index in [1.165, 1.54) is 11.3 Å². The number of ether oxygens (including phenoxy) is 1. The molecule has 21 heavy (non-hydrogen) atoms. The highest BCUT2D eigenvalue weighted by Gasteiger charge is 2.53. The van der Waals surface area contributed by atoms with Crippen LogP contribution in [0.3, 0.4) is 0 Å². The Hall–Kier alpha value is -1.47. The standard InChI is InChI=1S/C14H19N3O3S/c1-20-7-6-17-9-14(13(17)19)2-4-16(5-3-14)12(18)11-8-21-10-15-11/h8,10H,2-7,9H2,1H3. The van der Waals surface area contributed by atoms with Crippen LogP contribution in [0.4, 0.5) is 0 Å². The Morgan fingerprint density at radius 1 is 1.48 bits per heavy atom. The molecule has 3 heterocycles. The highest BCUT2D eigenvalue weighted by Crippen LogP contribution is 2.41. The smallest absolute Gasteiger partial charge is 0.273 e. The van der Waals surface area contributed by atoms with Gasteiger partial charge in [-0.05, 0) is 12.8 Å². The monoisotopic (exact) mass is 309 g/mol. The Balaban J connectivity index is 1.54. The first-order chi connectivity index (χ1) is 10.2. The third-order valence-electron chi connectivity index (χ3n) is 4.46. The number of hydrogen-bond donors (Lipinski definition) is 0. The van der Waals surface area contributed by atoms with Crippen LogP contribution in [0.5, 0.6) is 0 Å². The van der Waals surface area contributed by atoms with Gasteiger partial charge in [0.25, 0.3) is 5.91 Å². The Labute approximate surface area is 127 Å². The number of nitrogens with zero attached hydrogens (tertiary/aromatic N) is 3. The van der Waals surface area contributed by atoms with E-state index in [1.807, 2.05) is 9.80 Å². The minimum atomic E-state index is -0.230. The van der Waals surface area contributed by atoms with E-state index in [0.29, 0.717) is 31.9 Å². The minimum Gasteiger partial charge on any atom is -0.383 e. The summed E-state index contributed by atoms with van der Waals surface area (Å²) >= 11 is 1.42. The normalized spacial score (nSPS) is 20.7.